The molecule has 2 aromatic rings. The summed E-state index contributed by atoms with van der Waals surface area (Å²) in [5.74, 6) is -0.800. The van der Waals surface area contributed by atoms with Crippen LogP contribution in [0.5, 0.6) is 0 Å². The average molecular weight is 437 g/mol. The maximum absolute atomic E-state index is 12.8. The fourth-order valence-electron chi connectivity index (χ4n) is 3.48. The number of hydrogen-bond acceptors (Lipinski definition) is 6. The number of nitrogens with zero attached hydrogens (tertiary/aromatic N) is 1. The zero-order valence-corrected chi connectivity index (χ0v) is 18.5. The molecule has 0 atom stereocenters. The lowest BCUT2D eigenvalue weighted by molar-refractivity contribution is 0.0601. The number of ether oxygens (including phenoxy) is 1. The number of carbonyl (C=O) groups excluding carboxylic acids is 2. The molecule has 1 amide bonds. The van der Waals surface area contributed by atoms with Crippen molar-refractivity contribution in [3.63, 3.8) is 0 Å². The highest BCUT2D eigenvalue weighted by Gasteiger charge is 2.27. The van der Waals surface area contributed by atoms with E-state index in [0.717, 1.165) is 42.4 Å². The predicted octanol–water partition coefficient (Wildman–Crippen LogP) is 3.37. The number of esters is 1. The Bertz CT molecular complexity index is 1070. The molecule has 1 aliphatic carbocycles. The van der Waals surface area contributed by atoms with Crippen LogP contribution in [0.3, 0.4) is 0 Å². The number of thiophene rings is 1. The first-order valence-corrected chi connectivity index (χ1v) is 11.9. The van der Waals surface area contributed by atoms with Crippen LogP contribution in [0.2, 0.25) is 0 Å². The molecule has 156 valence electrons. The number of aryl methyl sites for hydroxylation is 2. The Hall–Kier alpha value is -2.39. The van der Waals surface area contributed by atoms with Crippen LogP contribution in [0.25, 0.3) is 0 Å². The van der Waals surface area contributed by atoms with Gasteiger partial charge in [-0.25, -0.2) is 13.2 Å². The van der Waals surface area contributed by atoms with E-state index in [4.69, 9.17) is 4.74 Å². The van der Waals surface area contributed by atoms with Gasteiger partial charge in [0.25, 0.3) is 5.91 Å². The molecular weight excluding hydrogens is 412 g/mol. The minimum Gasteiger partial charge on any atom is -0.465 e. The van der Waals surface area contributed by atoms with E-state index in [1.165, 1.54) is 29.8 Å². The van der Waals surface area contributed by atoms with Crippen LogP contribution in [-0.4, -0.2) is 40.7 Å². The number of rotatable bonds is 5. The van der Waals surface area contributed by atoms with Crippen LogP contribution in [0.15, 0.2) is 18.2 Å². The number of sulfonamides is 1. The van der Waals surface area contributed by atoms with E-state index in [0.29, 0.717) is 27.4 Å². The lowest BCUT2D eigenvalue weighted by Gasteiger charge is -2.19. The number of fused-ring (bicyclic) bond motifs is 1. The largest absolute Gasteiger partial charge is 0.465 e. The maximum Gasteiger partial charge on any atom is 0.341 e. The highest BCUT2D eigenvalue weighted by molar-refractivity contribution is 7.92. The van der Waals surface area contributed by atoms with Gasteiger partial charge in [-0.05, 0) is 61.9 Å². The second-order valence-electron chi connectivity index (χ2n) is 7.09. The fraction of sp³-hybridized carbons (Fsp3) is 0.400. The van der Waals surface area contributed by atoms with E-state index in [-0.39, 0.29) is 5.91 Å². The molecule has 1 aromatic carbocycles. The quantitative estimate of drug-likeness (QED) is 0.726. The Labute approximate surface area is 174 Å². The molecule has 29 heavy (non-hydrogen) atoms. The summed E-state index contributed by atoms with van der Waals surface area (Å²) in [5, 5.41) is 3.36. The van der Waals surface area contributed by atoms with E-state index in [1.54, 1.807) is 25.1 Å². The van der Waals surface area contributed by atoms with Gasteiger partial charge < -0.3 is 10.1 Å². The van der Waals surface area contributed by atoms with Gasteiger partial charge in [0, 0.05) is 17.5 Å². The summed E-state index contributed by atoms with van der Waals surface area (Å²) in [5.41, 5.74) is 2.97. The van der Waals surface area contributed by atoms with Crippen LogP contribution in [0.4, 0.5) is 10.7 Å². The second kappa shape index (κ2) is 8.16. The smallest absolute Gasteiger partial charge is 0.341 e. The first-order valence-electron chi connectivity index (χ1n) is 9.22. The molecule has 0 fully saturated rings. The van der Waals surface area contributed by atoms with Crippen molar-refractivity contribution < 1.29 is 22.7 Å². The lowest BCUT2D eigenvalue weighted by atomic mass is 9.95. The summed E-state index contributed by atoms with van der Waals surface area (Å²) < 4.78 is 29.7. The van der Waals surface area contributed by atoms with Gasteiger partial charge in [0.2, 0.25) is 10.0 Å². The molecule has 1 N–H and O–H groups in total. The number of carbonyl (C=O) groups is 2. The number of anilines is 2. The molecule has 0 aliphatic heterocycles. The van der Waals surface area contributed by atoms with Crippen molar-refractivity contribution in [2.75, 3.05) is 30.0 Å². The third-order valence-electron chi connectivity index (χ3n) is 5.08. The summed E-state index contributed by atoms with van der Waals surface area (Å²) in [7, 11) is -0.594. The molecule has 0 unspecified atom stereocenters. The molecule has 9 heteroatoms. The van der Waals surface area contributed by atoms with Crippen LogP contribution in [0.1, 0.15) is 49.6 Å². The number of benzene rings is 1. The van der Waals surface area contributed by atoms with E-state index in [9.17, 15) is 18.0 Å². The molecule has 0 saturated carbocycles. The number of methoxy groups -OCH3 is 1. The monoisotopic (exact) mass is 436 g/mol. The Morgan fingerprint density at radius 2 is 1.90 bits per heavy atom. The molecule has 3 rings (SSSR count). The third-order valence-corrected chi connectivity index (χ3v) is 7.48. The van der Waals surface area contributed by atoms with Gasteiger partial charge in [0.15, 0.2) is 0 Å². The number of amides is 1. The Balaban J connectivity index is 1.90. The van der Waals surface area contributed by atoms with Crippen molar-refractivity contribution >= 4 is 43.9 Å². The van der Waals surface area contributed by atoms with E-state index < -0.39 is 16.0 Å². The van der Waals surface area contributed by atoms with Gasteiger partial charge in [-0.2, -0.15) is 0 Å². The third kappa shape index (κ3) is 4.30. The SMILES string of the molecule is COC(=O)c1c(NC(=O)c2ccc(N(C)S(C)(=O)=O)c(C)c2)sc2c1CCCC2. The van der Waals surface area contributed by atoms with Gasteiger partial charge in [-0.15, -0.1) is 11.3 Å². The first-order chi connectivity index (χ1) is 13.6. The highest BCUT2D eigenvalue weighted by Crippen LogP contribution is 2.38. The zero-order valence-electron chi connectivity index (χ0n) is 16.9. The van der Waals surface area contributed by atoms with Crippen molar-refractivity contribution in [2.24, 2.45) is 0 Å². The van der Waals surface area contributed by atoms with Crippen LogP contribution in [0, 0.1) is 6.92 Å². The summed E-state index contributed by atoms with van der Waals surface area (Å²) >= 11 is 1.42. The first kappa shape index (κ1) is 21.3. The second-order valence-corrected chi connectivity index (χ2v) is 10.2. The summed E-state index contributed by atoms with van der Waals surface area (Å²) in [6.07, 6.45) is 4.90. The van der Waals surface area contributed by atoms with Gasteiger partial charge in [0.05, 0.1) is 24.6 Å². The number of nitrogens with one attached hydrogen (secondary N) is 1. The van der Waals surface area contributed by atoms with Gasteiger partial charge in [-0.1, -0.05) is 0 Å². The van der Waals surface area contributed by atoms with E-state index in [1.807, 2.05) is 0 Å². The standard InChI is InChI=1S/C20H24N2O5S2/c1-12-11-13(9-10-15(12)22(2)29(4,25)26)18(23)21-19-17(20(24)27-3)14-7-5-6-8-16(14)28-19/h9-11H,5-8H2,1-4H3,(H,21,23). The molecule has 7 nitrogen and oxygen atoms in total. The predicted molar refractivity (Wildman–Crippen MR) is 115 cm³/mol. The van der Waals surface area contributed by atoms with Crippen molar-refractivity contribution in [1.29, 1.82) is 0 Å². The zero-order chi connectivity index (χ0) is 21.3. The normalized spacial score (nSPS) is 13.5. The van der Waals surface area contributed by atoms with Crippen molar-refractivity contribution in [3.05, 3.63) is 45.3 Å². The fourth-order valence-corrected chi connectivity index (χ4v) is 5.31. The topological polar surface area (TPSA) is 92.8 Å². The van der Waals surface area contributed by atoms with Crippen molar-refractivity contribution in [2.45, 2.75) is 32.6 Å². The number of hydrogen-bond donors (Lipinski definition) is 1. The Kier molecular flexibility index (Phi) is 6.00. The minimum atomic E-state index is -3.40. The highest BCUT2D eigenvalue weighted by atomic mass is 32.2. The molecule has 0 spiro atoms. The molecule has 0 radical (unpaired) electrons. The van der Waals surface area contributed by atoms with Gasteiger partial charge in [0.1, 0.15) is 5.00 Å². The Morgan fingerprint density at radius 3 is 2.52 bits per heavy atom. The van der Waals surface area contributed by atoms with E-state index in [2.05, 4.69) is 5.32 Å². The summed E-state index contributed by atoms with van der Waals surface area (Å²) in [4.78, 5) is 26.3. The minimum absolute atomic E-state index is 0.356. The molecule has 1 aromatic heterocycles. The van der Waals surface area contributed by atoms with Crippen molar-refractivity contribution in [3.8, 4) is 0 Å². The Morgan fingerprint density at radius 1 is 1.21 bits per heavy atom. The lowest BCUT2D eigenvalue weighted by Crippen LogP contribution is -2.25. The van der Waals surface area contributed by atoms with Crippen LogP contribution in [-0.2, 0) is 27.6 Å². The van der Waals surface area contributed by atoms with Crippen LogP contribution < -0.4 is 9.62 Å². The van der Waals surface area contributed by atoms with E-state index >= 15 is 0 Å². The molecular formula is C20H24N2O5S2. The van der Waals surface area contributed by atoms with Gasteiger partial charge >= 0.3 is 5.97 Å². The summed E-state index contributed by atoms with van der Waals surface area (Å²) in [6, 6.07) is 4.81. The molecule has 0 bridgehead atoms. The molecule has 0 saturated heterocycles. The average Bonchev–Trinajstić information content (AvgIpc) is 3.03. The van der Waals surface area contributed by atoms with Crippen LogP contribution >= 0.6 is 11.3 Å². The maximum atomic E-state index is 12.8. The summed E-state index contributed by atoms with van der Waals surface area (Å²) in [6.45, 7) is 1.75. The molecule has 1 aliphatic rings. The molecule has 1 heterocycles. The van der Waals surface area contributed by atoms with Crippen molar-refractivity contribution in [1.82, 2.24) is 0 Å². The van der Waals surface area contributed by atoms with Gasteiger partial charge in [-0.3, -0.25) is 9.10 Å².